The van der Waals surface area contributed by atoms with Gasteiger partial charge in [-0.25, -0.2) is 0 Å². The Balaban J connectivity index is 3.14. The molecule has 0 aliphatic heterocycles. The Kier molecular flexibility index (Phi) is 2.18. The second kappa shape index (κ2) is 2.95. The molecule has 1 heterocycles. The fourth-order valence-electron chi connectivity index (χ4n) is 0.571. The van der Waals surface area contributed by atoms with E-state index in [0.29, 0.717) is 0 Å². The quantitative estimate of drug-likeness (QED) is 0.572. The standard InChI is InChI=1S/C5H6N2O3S/c8-7-11(9,10)5-2-1-3-6-4-5/h1-4H,7H2. The van der Waals surface area contributed by atoms with E-state index in [9.17, 15) is 13.6 Å². The second-order valence-electron chi connectivity index (χ2n) is 1.83. The van der Waals surface area contributed by atoms with Crippen molar-refractivity contribution in [1.82, 2.24) is 4.98 Å². The molecule has 6 heteroatoms. The van der Waals surface area contributed by atoms with Crippen LogP contribution < -0.4 is 4.89 Å². The van der Waals surface area contributed by atoms with Crippen molar-refractivity contribution in [2.45, 2.75) is 4.90 Å². The van der Waals surface area contributed by atoms with Gasteiger partial charge < -0.3 is 5.21 Å². The Morgan fingerprint density at radius 2 is 2.27 bits per heavy atom. The van der Waals surface area contributed by atoms with E-state index in [0.717, 1.165) is 6.20 Å². The summed E-state index contributed by atoms with van der Waals surface area (Å²) in [6.45, 7) is 0. The molecule has 2 N–H and O–H groups in total. The molecule has 0 spiro atoms. The molecule has 0 bridgehead atoms. The Bertz CT molecular complexity index is 321. The van der Waals surface area contributed by atoms with E-state index < -0.39 is 10.0 Å². The van der Waals surface area contributed by atoms with Crippen LogP contribution in [0, 0.1) is 5.21 Å². The largest absolute Gasteiger partial charge is 0.620 e. The zero-order chi connectivity index (χ0) is 8.32. The number of rotatable bonds is 2. The van der Waals surface area contributed by atoms with Crippen LogP contribution in [0.4, 0.5) is 0 Å². The first-order valence-electron chi connectivity index (χ1n) is 2.77. The van der Waals surface area contributed by atoms with Crippen LogP contribution in [0.15, 0.2) is 29.4 Å². The van der Waals surface area contributed by atoms with Gasteiger partial charge in [0.05, 0.1) is 6.20 Å². The lowest BCUT2D eigenvalue weighted by Gasteiger charge is -2.01. The Labute approximate surface area is 63.7 Å². The van der Waals surface area contributed by atoms with Gasteiger partial charge in [-0.1, -0.05) is 0 Å². The lowest BCUT2D eigenvalue weighted by atomic mass is 10.5. The van der Waals surface area contributed by atoms with Crippen molar-refractivity contribution in [2.75, 3.05) is 0 Å². The molecule has 0 amide bonds. The first-order chi connectivity index (χ1) is 5.17. The van der Waals surface area contributed by atoms with Crippen molar-refractivity contribution < 1.29 is 13.3 Å². The van der Waals surface area contributed by atoms with E-state index >= 15 is 0 Å². The van der Waals surface area contributed by atoms with Crippen molar-refractivity contribution in [3.63, 3.8) is 0 Å². The molecule has 0 saturated carbocycles. The predicted molar refractivity (Wildman–Crippen MR) is 36.7 cm³/mol. The van der Waals surface area contributed by atoms with Gasteiger partial charge in [-0.15, -0.1) is 0 Å². The molecule has 1 rings (SSSR count). The Morgan fingerprint density at radius 3 is 2.73 bits per heavy atom. The molecule has 0 aliphatic rings. The zero-order valence-electron chi connectivity index (χ0n) is 5.47. The second-order valence-corrected chi connectivity index (χ2v) is 3.58. The number of nitrogens with zero attached hydrogens (tertiary/aromatic N) is 1. The van der Waals surface area contributed by atoms with Crippen molar-refractivity contribution in [2.24, 2.45) is 0 Å². The number of quaternary nitrogens is 1. The summed E-state index contributed by atoms with van der Waals surface area (Å²) in [6, 6.07) is 2.77. The summed E-state index contributed by atoms with van der Waals surface area (Å²) in [5.41, 5.74) is 0. The summed E-state index contributed by atoms with van der Waals surface area (Å²) in [4.78, 5) is 3.39. The third-order valence-electron chi connectivity index (χ3n) is 1.09. The van der Waals surface area contributed by atoms with E-state index in [-0.39, 0.29) is 9.78 Å². The molecule has 0 radical (unpaired) electrons. The minimum Gasteiger partial charge on any atom is -0.620 e. The Hall–Kier alpha value is -0.980. The third-order valence-corrected chi connectivity index (χ3v) is 2.24. The van der Waals surface area contributed by atoms with Crippen molar-refractivity contribution in [1.29, 1.82) is 0 Å². The summed E-state index contributed by atoms with van der Waals surface area (Å²) in [5.74, 6) is 0. The number of primary sulfonamides is 1. The van der Waals surface area contributed by atoms with Crippen LogP contribution in [-0.4, -0.2) is 13.4 Å². The molecule has 0 aromatic carbocycles. The maximum atomic E-state index is 10.8. The van der Waals surface area contributed by atoms with Crippen LogP contribution in [0.25, 0.3) is 0 Å². The monoisotopic (exact) mass is 174 g/mol. The molecule has 0 atom stereocenters. The highest BCUT2D eigenvalue weighted by Gasteiger charge is 2.11. The molecular formula is C5H6N2O3S. The number of hydrogen-bond acceptors (Lipinski definition) is 4. The lowest BCUT2D eigenvalue weighted by Crippen LogP contribution is -2.80. The molecule has 1 aromatic heterocycles. The summed E-state index contributed by atoms with van der Waals surface area (Å²) < 4.78 is 21.6. The van der Waals surface area contributed by atoms with Crippen LogP contribution >= 0.6 is 0 Å². The molecule has 0 unspecified atom stereocenters. The summed E-state index contributed by atoms with van der Waals surface area (Å²) in [6.07, 6.45) is 2.56. The molecule has 1 aromatic rings. The highest BCUT2D eigenvalue weighted by atomic mass is 32.2. The van der Waals surface area contributed by atoms with Gasteiger partial charge in [0.2, 0.25) is 0 Å². The third kappa shape index (κ3) is 1.73. The van der Waals surface area contributed by atoms with Crippen molar-refractivity contribution in [3.05, 3.63) is 29.7 Å². The van der Waals surface area contributed by atoms with Gasteiger partial charge in [-0.3, -0.25) is 9.87 Å². The molecule has 0 fully saturated rings. The minimum absolute atomic E-state index is 0.0741. The van der Waals surface area contributed by atoms with E-state index in [1.807, 2.05) is 0 Å². The van der Waals surface area contributed by atoms with E-state index in [1.54, 1.807) is 0 Å². The minimum atomic E-state index is -3.74. The SMILES string of the molecule is O=S(=O)([NH2+][O-])c1cccnc1. The number of aromatic nitrogens is 1. The van der Waals surface area contributed by atoms with Crippen molar-refractivity contribution >= 4 is 10.0 Å². The normalized spacial score (nSPS) is 11.4. The topological polar surface area (TPSA) is 86.7 Å². The summed E-state index contributed by atoms with van der Waals surface area (Å²) >= 11 is 0. The fourth-order valence-corrected chi connectivity index (χ4v) is 1.16. The van der Waals surface area contributed by atoms with Gasteiger partial charge in [0.15, 0.2) is 0 Å². The van der Waals surface area contributed by atoms with Gasteiger partial charge in [-0.05, 0) is 12.1 Å². The molecule has 0 saturated heterocycles. The van der Waals surface area contributed by atoms with Crippen LogP contribution in [0.1, 0.15) is 0 Å². The average Bonchev–Trinajstić information content (AvgIpc) is 2.06. The van der Waals surface area contributed by atoms with Crippen LogP contribution in [0.5, 0.6) is 0 Å². The molecule has 60 valence electrons. The summed E-state index contributed by atoms with van der Waals surface area (Å²) in [7, 11) is -3.74. The van der Waals surface area contributed by atoms with E-state index in [4.69, 9.17) is 0 Å². The first-order valence-corrected chi connectivity index (χ1v) is 4.32. The Morgan fingerprint density at radius 1 is 1.55 bits per heavy atom. The fraction of sp³-hybridized carbons (Fsp3) is 0. The highest BCUT2D eigenvalue weighted by Crippen LogP contribution is 1.99. The number of pyridine rings is 1. The maximum Gasteiger partial charge on any atom is 0.325 e. The molecular weight excluding hydrogens is 168 g/mol. The summed E-state index contributed by atoms with van der Waals surface area (Å²) in [5, 5.41) is 10.0. The first kappa shape index (κ1) is 8.12. The van der Waals surface area contributed by atoms with Crippen molar-refractivity contribution in [3.8, 4) is 0 Å². The number of hydrogen-bond donors (Lipinski definition) is 1. The lowest BCUT2D eigenvalue weighted by molar-refractivity contribution is -0.416. The number of sulfonamides is 1. The van der Waals surface area contributed by atoms with Gasteiger partial charge in [-0.2, -0.15) is 8.42 Å². The average molecular weight is 174 g/mol. The highest BCUT2D eigenvalue weighted by molar-refractivity contribution is 7.84. The smallest absolute Gasteiger partial charge is 0.325 e. The number of nitrogens with two attached hydrogens (primary N) is 1. The van der Waals surface area contributed by atoms with Crippen LogP contribution in [0.3, 0.4) is 0 Å². The predicted octanol–water partition coefficient (Wildman–Crippen LogP) is -1.17. The van der Waals surface area contributed by atoms with Gasteiger partial charge in [0.25, 0.3) is 0 Å². The molecule has 11 heavy (non-hydrogen) atoms. The van der Waals surface area contributed by atoms with Crippen LogP contribution in [0.2, 0.25) is 0 Å². The van der Waals surface area contributed by atoms with Gasteiger partial charge in [0.1, 0.15) is 4.90 Å². The van der Waals surface area contributed by atoms with Gasteiger partial charge in [0, 0.05) is 6.20 Å². The van der Waals surface area contributed by atoms with E-state index in [1.165, 1.54) is 18.3 Å². The van der Waals surface area contributed by atoms with Gasteiger partial charge >= 0.3 is 10.0 Å². The molecule has 0 aliphatic carbocycles. The van der Waals surface area contributed by atoms with E-state index in [2.05, 4.69) is 4.98 Å². The molecule has 5 nitrogen and oxygen atoms in total. The van der Waals surface area contributed by atoms with Crippen LogP contribution in [-0.2, 0) is 10.0 Å². The zero-order valence-corrected chi connectivity index (χ0v) is 6.28. The maximum absolute atomic E-state index is 10.8.